The van der Waals surface area contributed by atoms with Gasteiger partial charge in [0.1, 0.15) is 11.5 Å². The Morgan fingerprint density at radius 3 is 2.83 bits per heavy atom. The molecule has 0 fully saturated rings. The van der Waals surface area contributed by atoms with Gasteiger partial charge >= 0.3 is 0 Å². The van der Waals surface area contributed by atoms with E-state index in [1.54, 1.807) is 6.07 Å². The highest BCUT2D eigenvalue weighted by Crippen LogP contribution is 2.34. The Labute approximate surface area is 137 Å². The Balaban J connectivity index is 1.96. The second-order valence-electron chi connectivity index (χ2n) is 5.66. The van der Waals surface area contributed by atoms with E-state index in [-0.39, 0.29) is 5.82 Å². The zero-order chi connectivity index (χ0) is 16.0. The van der Waals surface area contributed by atoms with Crippen molar-refractivity contribution in [3.05, 3.63) is 70.8 Å². The van der Waals surface area contributed by atoms with E-state index in [4.69, 9.17) is 11.6 Å². The smallest absolute Gasteiger partial charge is 0.162 e. The Hall–Kier alpha value is -2.46. The average Bonchev–Trinajstić information content (AvgIpc) is 2.89. The third-order valence-corrected chi connectivity index (χ3v) is 4.24. The molecule has 4 rings (SSSR count). The van der Waals surface area contributed by atoms with Crippen LogP contribution in [0.4, 0.5) is 4.39 Å². The zero-order valence-electron chi connectivity index (χ0n) is 12.4. The molecular formula is C18H13ClFN3. The molecule has 0 spiro atoms. The number of hydrogen-bond acceptors (Lipinski definition) is 2. The first kappa shape index (κ1) is 14.2. The molecule has 0 aliphatic carbocycles. The van der Waals surface area contributed by atoms with Crippen molar-refractivity contribution in [3.63, 3.8) is 0 Å². The fraction of sp³-hybridized carbons (Fsp3) is 0.111. The largest absolute Gasteiger partial charge is 0.342 e. The van der Waals surface area contributed by atoms with Crippen LogP contribution in [0, 0.1) is 12.7 Å². The quantitative estimate of drug-likeness (QED) is 0.535. The molecule has 5 heteroatoms. The summed E-state index contributed by atoms with van der Waals surface area (Å²) in [5, 5.41) is 9.06. The van der Waals surface area contributed by atoms with Gasteiger partial charge in [0.05, 0.1) is 11.1 Å². The van der Waals surface area contributed by atoms with Crippen molar-refractivity contribution in [1.82, 2.24) is 14.8 Å². The standard InChI is InChI=1S/C18H13ClFN3/c1-11-3-2-4-12(7-11)9-23-10-15-17(21-22-18(15)19)14-8-13(20)5-6-16(14)23/h2-8,10H,9H2,1H3. The van der Waals surface area contributed by atoms with Crippen LogP contribution in [-0.2, 0) is 6.54 Å². The van der Waals surface area contributed by atoms with Crippen LogP contribution >= 0.6 is 11.6 Å². The number of hydrogen-bond donors (Lipinski definition) is 0. The maximum absolute atomic E-state index is 13.7. The van der Waals surface area contributed by atoms with Crippen molar-refractivity contribution in [2.24, 2.45) is 0 Å². The summed E-state index contributed by atoms with van der Waals surface area (Å²) in [6.07, 6.45) is 1.93. The second-order valence-corrected chi connectivity index (χ2v) is 6.02. The first-order valence-electron chi connectivity index (χ1n) is 7.27. The van der Waals surface area contributed by atoms with Crippen LogP contribution in [0.15, 0.2) is 48.7 Å². The minimum absolute atomic E-state index is 0.300. The van der Waals surface area contributed by atoms with Gasteiger partial charge in [0.2, 0.25) is 0 Å². The lowest BCUT2D eigenvalue weighted by atomic mass is 10.1. The number of benzene rings is 2. The van der Waals surface area contributed by atoms with Gasteiger partial charge in [-0.1, -0.05) is 41.4 Å². The molecule has 23 heavy (non-hydrogen) atoms. The van der Waals surface area contributed by atoms with Crippen molar-refractivity contribution < 1.29 is 4.39 Å². The van der Waals surface area contributed by atoms with Gasteiger partial charge < -0.3 is 4.57 Å². The van der Waals surface area contributed by atoms with Crippen LogP contribution in [0.25, 0.3) is 22.2 Å². The Bertz CT molecular complexity index is 993. The maximum atomic E-state index is 13.7. The van der Waals surface area contributed by atoms with Gasteiger partial charge in [-0.25, -0.2) is 4.39 Å². The minimum atomic E-state index is -0.300. The normalized spacial score (nSPS) is 11.4. The number of nitrogens with zero attached hydrogens (tertiary/aromatic N) is 3. The van der Waals surface area contributed by atoms with Crippen LogP contribution < -0.4 is 0 Å². The molecule has 2 aromatic rings. The van der Waals surface area contributed by atoms with Gasteiger partial charge in [-0.15, -0.1) is 10.2 Å². The second kappa shape index (κ2) is 5.32. The molecule has 3 nitrogen and oxygen atoms in total. The summed E-state index contributed by atoms with van der Waals surface area (Å²) in [5.41, 5.74) is 4.64. The average molecular weight is 326 g/mol. The number of halogens is 2. The lowest BCUT2D eigenvalue weighted by Gasteiger charge is -2.15. The molecule has 0 radical (unpaired) electrons. The van der Waals surface area contributed by atoms with Crippen molar-refractivity contribution in [1.29, 1.82) is 0 Å². The highest BCUT2D eigenvalue weighted by Gasteiger charge is 2.18. The van der Waals surface area contributed by atoms with Crippen LogP contribution in [0.2, 0.25) is 5.15 Å². The van der Waals surface area contributed by atoms with Gasteiger partial charge in [-0.2, -0.15) is 0 Å². The number of pyridine rings is 1. The summed E-state index contributed by atoms with van der Waals surface area (Å²) in [4.78, 5) is 0. The van der Waals surface area contributed by atoms with E-state index in [2.05, 4.69) is 39.9 Å². The summed E-state index contributed by atoms with van der Waals surface area (Å²) in [7, 11) is 0. The van der Waals surface area contributed by atoms with Crippen LogP contribution in [-0.4, -0.2) is 14.8 Å². The fourth-order valence-electron chi connectivity index (χ4n) is 2.92. The topological polar surface area (TPSA) is 30.7 Å². The molecule has 2 aromatic carbocycles. The zero-order valence-corrected chi connectivity index (χ0v) is 13.2. The maximum Gasteiger partial charge on any atom is 0.162 e. The number of rotatable bonds is 2. The summed E-state index contributed by atoms with van der Waals surface area (Å²) in [5.74, 6) is -0.300. The lowest BCUT2D eigenvalue weighted by Crippen LogP contribution is -2.04. The monoisotopic (exact) mass is 325 g/mol. The predicted molar refractivity (Wildman–Crippen MR) is 89.4 cm³/mol. The van der Waals surface area contributed by atoms with E-state index in [1.165, 1.54) is 23.3 Å². The predicted octanol–water partition coefficient (Wildman–Crippen LogP) is 4.69. The molecule has 0 aromatic heterocycles. The molecule has 2 aliphatic rings. The fourth-order valence-corrected chi connectivity index (χ4v) is 3.10. The molecule has 0 saturated heterocycles. The van der Waals surface area contributed by atoms with Crippen molar-refractivity contribution in [3.8, 4) is 11.3 Å². The highest BCUT2D eigenvalue weighted by molar-refractivity contribution is 6.32. The molecular weight excluding hydrogens is 313 g/mol. The lowest BCUT2D eigenvalue weighted by molar-refractivity contribution is 0.629. The molecule has 0 amide bonds. The van der Waals surface area contributed by atoms with Crippen LogP contribution in [0.1, 0.15) is 11.1 Å². The summed E-state index contributed by atoms with van der Waals surface area (Å²) in [6, 6.07) is 13.0. The van der Waals surface area contributed by atoms with E-state index in [0.29, 0.717) is 17.4 Å². The van der Waals surface area contributed by atoms with E-state index in [9.17, 15) is 4.39 Å². The first-order valence-corrected chi connectivity index (χ1v) is 7.65. The molecule has 0 N–H and O–H groups in total. The van der Waals surface area contributed by atoms with Gasteiger partial charge in [0, 0.05) is 18.1 Å². The summed E-state index contributed by atoms with van der Waals surface area (Å²) in [6.45, 7) is 2.73. The molecule has 114 valence electrons. The molecule has 0 unspecified atom stereocenters. The highest BCUT2D eigenvalue weighted by atomic mass is 35.5. The number of aryl methyl sites for hydroxylation is 1. The van der Waals surface area contributed by atoms with Crippen LogP contribution in [0.5, 0.6) is 0 Å². The molecule has 0 saturated carbocycles. The minimum Gasteiger partial charge on any atom is -0.342 e. The SMILES string of the molecule is Cc1cccc(Cn2cc3c(Cl)nnc-3c3cc(F)ccc32)c1. The first-order chi connectivity index (χ1) is 11.1. The third-order valence-electron chi connectivity index (χ3n) is 3.96. The van der Waals surface area contributed by atoms with Crippen molar-refractivity contribution in [2.45, 2.75) is 13.5 Å². The van der Waals surface area contributed by atoms with Gasteiger partial charge in [0.15, 0.2) is 5.15 Å². The van der Waals surface area contributed by atoms with Crippen molar-refractivity contribution in [2.75, 3.05) is 0 Å². The Morgan fingerprint density at radius 1 is 1.13 bits per heavy atom. The van der Waals surface area contributed by atoms with E-state index >= 15 is 0 Å². The summed E-state index contributed by atoms with van der Waals surface area (Å²) < 4.78 is 15.7. The van der Waals surface area contributed by atoms with Gasteiger partial charge in [0.25, 0.3) is 0 Å². The van der Waals surface area contributed by atoms with Crippen LogP contribution in [0.3, 0.4) is 0 Å². The van der Waals surface area contributed by atoms with Crippen molar-refractivity contribution >= 4 is 22.5 Å². The van der Waals surface area contributed by atoms with Gasteiger partial charge in [-0.05, 0) is 30.7 Å². The Morgan fingerprint density at radius 2 is 2.00 bits per heavy atom. The third kappa shape index (κ3) is 2.45. The molecule has 2 aliphatic heterocycles. The Kier molecular flexibility index (Phi) is 3.27. The van der Waals surface area contributed by atoms with E-state index in [1.807, 2.05) is 12.3 Å². The molecule has 0 atom stereocenters. The van der Waals surface area contributed by atoms with Gasteiger partial charge in [-0.3, -0.25) is 0 Å². The molecule has 2 heterocycles. The van der Waals surface area contributed by atoms with E-state index in [0.717, 1.165) is 16.5 Å². The molecule has 0 bridgehead atoms. The van der Waals surface area contributed by atoms with E-state index < -0.39 is 0 Å². The number of fused-ring (bicyclic) bond motifs is 3. The summed E-state index contributed by atoms with van der Waals surface area (Å²) >= 11 is 6.13. The number of aromatic nitrogens is 3.